The van der Waals surface area contributed by atoms with Gasteiger partial charge in [-0.1, -0.05) is 17.9 Å². The lowest BCUT2D eigenvalue weighted by atomic mass is 10.1. The van der Waals surface area contributed by atoms with Gasteiger partial charge in [0.15, 0.2) is 0 Å². The van der Waals surface area contributed by atoms with Crippen LogP contribution in [-0.2, 0) is 10.0 Å². The summed E-state index contributed by atoms with van der Waals surface area (Å²) in [5, 5.41) is 8.60. The molecule has 21 heavy (non-hydrogen) atoms. The maximum atomic E-state index is 12.3. The van der Waals surface area contributed by atoms with Crippen LogP contribution in [0.2, 0.25) is 0 Å². The molecular weight excluding hydrogens is 307 g/mol. The molecule has 0 amide bonds. The molecule has 0 unspecified atom stereocenters. The first kappa shape index (κ1) is 17.5. The first-order valence-electron chi connectivity index (χ1n) is 5.81. The van der Waals surface area contributed by atoms with E-state index in [0.29, 0.717) is 11.1 Å². The monoisotopic (exact) mass is 321 g/mol. The van der Waals surface area contributed by atoms with Crippen molar-refractivity contribution in [1.29, 1.82) is 0 Å². The van der Waals surface area contributed by atoms with Crippen LogP contribution in [0.25, 0.3) is 0 Å². The lowest BCUT2D eigenvalue weighted by molar-refractivity contribution is -0.134. The van der Waals surface area contributed by atoms with Crippen molar-refractivity contribution in [2.24, 2.45) is 0 Å². The van der Waals surface area contributed by atoms with Crippen molar-refractivity contribution in [2.75, 3.05) is 20.2 Å². The van der Waals surface area contributed by atoms with E-state index in [2.05, 4.69) is 11.8 Å². The van der Waals surface area contributed by atoms with Gasteiger partial charge in [0.2, 0.25) is 10.0 Å². The fourth-order valence-electron chi connectivity index (χ4n) is 1.60. The number of hydrogen-bond acceptors (Lipinski definition) is 3. The molecule has 0 aromatic heterocycles. The molecule has 0 atom stereocenters. The first-order chi connectivity index (χ1) is 9.58. The van der Waals surface area contributed by atoms with Crippen molar-refractivity contribution in [1.82, 2.24) is 4.31 Å². The summed E-state index contributed by atoms with van der Waals surface area (Å²) >= 11 is 0. The van der Waals surface area contributed by atoms with Crippen molar-refractivity contribution in [3.05, 3.63) is 29.3 Å². The van der Waals surface area contributed by atoms with Gasteiger partial charge in [0.25, 0.3) is 0 Å². The molecule has 0 saturated carbocycles. The Balaban J connectivity index is 3.24. The van der Waals surface area contributed by atoms with Gasteiger partial charge in [-0.2, -0.15) is 17.5 Å². The summed E-state index contributed by atoms with van der Waals surface area (Å²) in [6, 6.07) is 4.18. The normalized spacial score (nSPS) is 12.1. The Labute approximate surface area is 121 Å². The van der Waals surface area contributed by atoms with Crippen LogP contribution in [0.4, 0.5) is 13.2 Å². The summed E-state index contributed by atoms with van der Waals surface area (Å²) in [5.74, 6) is 4.86. The van der Waals surface area contributed by atoms with Gasteiger partial charge in [0, 0.05) is 12.6 Å². The molecule has 1 N–H and O–H groups in total. The molecule has 0 spiro atoms. The molecule has 1 aromatic rings. The van der Waals surface area contributed by atoms with E-state index < -0.39 is 29.4 Å². The summed E-state index contributed by atoms with van der Waals surface area (Å²) in [6.45, 7) is -0.483. The molecule has 0 saturated heterocycles. The number of aryl methyl sites for hydroxylation is 1. The van der Waals surface area contributed by atoms with Crippen LogP contribution in [0.1, 0.15) is 11.1 Å². The van der Waals surface area contributed by atoms with E-state index >= 15 is 0 Å². The van der Waals surface area contributed by atoms with Crippen molar-refractivity contribution in [2.45, 2.75) is 18.0 Å². The maximum absolute atomic E-state index is 12.3. The van der Waals surface area contributed by atoms with E-state index in [1.807, 2.05) is 0 Å². The van der Waals surface area contributed by atoms with E-state index in [9.17, 15) is 21.6 Å². The second kappa shape index (κ2) is 6.47. The summed E-state index contributed by atoms with van der Waals surface area (Å²) in [5.41, 5.74) is 0.618. The molecule has 0 aliphatic rings. The highest BCUT2D eigenvalue weighted by atomic mass is 32.2. The van der Waals surface area contributed by atoms with Crippen molar-refractivity contribution >= 4 is 10.0 Å². The predicted octanol–water partition coefficient (Wildman–Crippen LogP) is 1.52. The number of hydrogen-bond donors (Lipinski definition) is 1. The molecule has 0 bridgehead atoms. The van der Waals surface area contributed by atoms with E-state index in [4.69, 9.17) is 5.11 Å². The zero-order valence-corrected chi connectivity index (χ0v) is 12.2. The highest BCUT2D eigenvalue weighted by Gasteiger charge is 2.35. The number of nitrogens with zero attached hydrogens (tertiary/aromatic N) is 1. The Bertz CT molecular complexity index is 672. The lowest BCUT2D eigenvalue weighted by Crippen LogP contribution is -2.36. The molecule has 116 valence electrons. The van der Waals surface area contributed by atoms with Crippen molar-refractivity contribution < 1.29 is 26.7 Å². The molecule has 4 nitrogen and oxygen atoms in total. The van der Waals surface area contributed by atoms with Crippen LogP contribution < -0.4 is 0 Å². The summed E-state index contributed by atoms with van der Waals surface area (Å²) < 4.78 is 61.6. The molecule has 8 heteroatoms. The van der Waals surface area contributed by atoms with Gasteiger partial charge in [-0.15, -0.1) is 0 Å². The minimum atomic E-state index is -4.62. The Morgan fingerprint density at radius 2 is 1.95 bits per heavy atom. The minimum Gasteiger partial charge on any atom is -0.384 e. The molecule has 0 aliphatic carbocycles. The second-order valence-corrected chi connectivity index (χ2v) is 6.33. The highest BCUT2D eigenvalue weighted by Crippen LogP contribution is 2.24. The largest absolute Gasteiger partial charge is 0.402 e. The minimum absolute atomic E-state index is 0.237. The first-order valence-corrected chi connectivity index (χ1v) is 7.25. The SMILES string of the molecule is Cc1ccc(C#CCO)cc1S(=O)(=O)N(C)CC(F)(F)F. The molecule has 0 aliphatic heterocycles. The van der Waals surface area contributed by atoms with Crippen LogP contribution >= 0.6 is 0 Å². The van der Waals surface area contributed by atoms with Gasteiger partial charge >= 0.3 is 6.18 Å². The van der Waals surface area contributed by atoms with Gasteiger partial charge < -0.3 is 5.11 Å². The number of aliphatic hydroxyl groups excluding tert-OH is 1. The third kappa shape index (κ3) is 4.74. The average molecular weight is 321 g/mol. The third-order valence-corrected chi connectivity index (χ3v) is 4.54. The smallest absolute Gasteiger partial charge is 0.384 e. The molecule has 0 fully saturated rings. The van der Waals surface area contributed by atoms with Crippen LogP contribution in [0.5, 0.6) is 0 Å². The number of benzene rings is 1. The van der Waals surface area contributed by atoms with E-state index in [-0.39, 0.29) is 9.20 Å². The van der Waals surface area contributed by atoms with Gasteiger partial charge in [0.05, 0.1) is 4.90 Å². The van der Waals surface area contributed by atoms with Crippen LogP contribution in [-0.4, -0.2) is 44.2 Å². The zero-order valence-electron chi connectivity index (χ0n) is 11.4. The molecule has 0 heterocycles. The third-order valence-electron chi connectivity index (χ3n) is 2.59. The van der Waals surface area contributed by atoms with Crippen LogP contribution in [0.3, 0.4) is 0 Å². The highest BCUT2D eigenvalue weighted by molar-refractivity contribution is 7.89. The number of rotatable bonds is 3. The van der Waals surface area contributed by atoms with E-state index in [1.165, 1.54) is 25.1 Å². The summed E-state index contributed by atoms with van der Waals surface area (Å²) in [6.07, 6.45) is -4.62. The number of aliphatic hydroxyl groups is 1. The molecule has 1 aromatic carbocycles. The average Bonchev–Trinajstić information content (AvgIpc) is 2.35. The number of alkyl halides is 3. The Hall–Kier alpha value is -1.56. The van der Waals surface area contributed by atoms with Gasteiger partial charge in [-0.3, -0.25) is 0 Å². The Morgan fingerprint density at radius 1 is 1.33 bits per heavy atom. The number of halogens is 3. The number of sulfonamides is 1. The van der Waals surface area contributed by atoms with Gasteiger partial charge in [-0.05, 0) is 24.6 Å². The quantitative estimate of drug-likeness (QED) is 0.859. The molecule has 1 rings (SSSR count). The lowest BCUT2D eigenvalue weighted by Gasteiger charge is -2.20. The fourth-order valence-corrected chi connectivity index (χ4v) is 3.01. The zero-order chi connectivity index (χ0) is 16.3. The van der Waals surface area contributed by atoms with Crippen molar-refractivity contribution in [3.8, 4) is 11.8 Å². The summed E-state index contributed by atoms with van der Waals surface area (Å²) in [7, 11) is -3.40. The van der Waals surface area contributed by atoms with Crippen LogP contribution in [0, 0.1) is 18.8 Å². The molecule has 0 radical (unpaired) electrons. The standard InChI is InChI=1S/C13H14F3NO3S/c1-10-5-6-11(4-3-7-18)8-12(10)21(19,20)17(2)9-13(14,15)16/h5-6,8,18H,7,9H2,1-2H3. The van der Waals surface area contributed by atoms with Gasteiger partial charge in [0.1, 0.15) is 13.2 Å². The topological polar surface area (TPSA) is 57.6 Å². The Morgan fingerprint density at radius 3 is 2.48 bits per heavy atom. The van der Waals surface area contributed by atoms with E-state index in [1.54, 1.807) is 0 Å². The second-order valence-electron chi connectivity index (χ2n) is 4.32. The van der Waals surface area contributed by atoms with Crippen molar-refractivity contribution in [3.63, 3.8) is 0 Å². The van der Waals surface area contributed by atoms with Gasteiger partial charge in [-0.25, -0.2) is 8.42 Å². The summed E-state index contributed by atoms with van der Waals surface area (Å²) in [4.78, 5) is -0.237. The van der Waals surface area contributed by atoms with E-state index in [0.717, 1.165) is 7.05 Å². The maximum Gasteiger partial charge on any atom is 0.402 e. The molecular formula is C13H14F3NO3S. The fraction of sp³-hybridized carbons (Fsp3) is 0.385. The van der Waals surface area contributed by atoms with Crippen LogP contribution in [0.15, 0.2) is 23.1 Å². The Kier molecular flexibility index (Phi) is 5.39. The predicted molar refractivity (Wildman–Crippen MR) is 71.0 cm³/mol.